The van der Waals surface area contributed by atoms with Gasteiger partial charge in [0.15, 0.2) is 5.78 Å². The molecule has 1 nitrogen and oxygen atoms in total. The van der Waals surface area contributed by atoms with Gasteiger partial charge in [-0.05, 0) is 48.3 Å². The average Bonchev–Trinajstić information content (AvgIpc) is 2.59. The van der Waals surface area contributed by atoms with Crippen LogP contribution < -0.4 is 0 Å². The van der Waals surface area contributed by atoms with Crippen LogP contribution in [0.4, 0.5) is 0 Å². The number of benzene rings is 1. The van der Waals surface area contributed by atoms with E-state index in [1.807, 2.05) is 0 Å². The molecule has 2 rings (SSSR count). The van der Waals surface area contributed by atoms with Crippen LogP contribution in [-0.2, 0) is 12.8 Å². The quantitative estimate of drug-likeness (QED) is 0.437. The predicted octanol–water partition coefficient (Wildman–Crippen LogP) is 6.13. The van der Waals surface area contributed by atoms with Crippen molar-refractivity contribution in [3.05, 3.63) is 34.9 Å². The maximum atomic E-state index is 12.5. The van der Waals surface area contributed by atoms with Crippen LogP contribution in [-0.4, -0.2) is 5.78 Å². The van der Waals surface area contributed by atoms with E-state index >= 15 is 0 Å². The van der Waals surface area contributed by atoms with Gasteiger partial charge in [-0.2, -0.15) is 0 Å². The number of Topliss-reactive ketones (excluding diaryl/α,β-unsaturated/α-hetero) is 1. The highest BCUT2D eigenvalue weighted by Gasteiger charge is 2.27. The molecule has 0 aliphatic heterocycles. The first-order chi connectivity index (χ1) is 10.5. The summed E-state index contributed by atoms with van der Waals surface area (Å²) in [7, 11) is 0. The van der Waals surface area contributed by atoms with Crippen molar-refractivity contribution in [2.45, 2.75) is 85.0 Å². The maximum absolute atomic E-state index is 12.5. The maximum Gasteiger partial charge on any atom is 0.163 e. The Kier molecular flexibility index (Phi) is 6.23. The summed E-state index contributed by atoms with van der Waals surface area (Å²) in [6.07, 6.45) is 11.9. The van der Waals surface area contributed by atoms with Crippen molar-refractivity contribution in [2.24, 2.45) is 5.41 Å². The lowest BCUT2D eigenvalue weighted by Crippen LogP contribution is -2.14. The van der Waals surface area contributed by atoms with E-state index in [1.165, 1.54) is 49.7 Å². The summed E-state index contributed by atoms with van der Waals surface area (Å²) < 4.78 is 0. The first-order valence-corrected chi connectivity index (χ1v) is 9.17. The molecule has 0 radical (unpaired) electrons. The van der Waals surface area contributed by atoms with Crippen LogP contribution in [0.1, 0.15) is 93.6 Å². The molecule has 1 aliphatic rings. The van der Waals surface area contributed by atoms with Gasteiger partial charge in [-0.1, -0.05) is 65.0 Å². The first-order valence-electron chi connectivity index (χ1n) is 9.17. The fourth-order valence-electron chi connectivity index (χ4n) is 3.46. The zero-order valence-electron chi connectivity index (χ0n) is 14.7. The van der Waals surface area contributed by atoms with Gasteiger partial charge in [-0.3, -0.25) is 4.79 Å². The number of carbonyl (C=O) groups is 1. The Labute approximate surface area is 136 Å². The molecule has 0 saturated heterocycles. The van der Waals surface area contributed by atoms with Gasteiger partial charge in [-0.25, -0.2) is 0 Å². The topological polar surface area (TPSA) is 17.1 Å². The number of hydrogen-bond acceptors (Lipinski definition) is 1. The lowest BCUT2D eigenvalue weighted by atomic mass is 9.84. The van der Waals surface area contributed by atoms with Crippen molar-refractivity contribution in [2.75, 3.05) is 0 Å². The van der Waals surface area contributed by atoms with Gasteiger partial charge in [0.25, 0.3) is 0 Å². The lowest BCUT2D eigenvalue weighted by Gasteiger charge is -2.20. The molecular weight excluding hydrogens is 268 g/mol. The van der Waals surface area contributed by atoms with Gasteiger partial charge in [-0.15, -0.1) is 0 Å². The minimum absolute atomic E-state index is 0.148. The molecule has 0 atom stereocenters. The summed E-state index contributed by atoms with van der Waals surface area (Å²) in [5.74, 6) is 0.349. The molecule has 1 aromatic carbocycles. The molecule has 0 unspecified atom stereocenters. The van der Waals surface area contributed by atoms with E-state index in [9.17, 15) is 4.79 Å². The Morgan fingerprint density at radius 3 is 2.55 bits per heavy atom. The molecule has 0 N–H and O–H groups in total. The Bertz CT molecular complexity index is 499. The molecule has 0 bridgehead atoms. The van der Waals surface area contributed by atoms with Crippen LogP contribution in [0.15, 0.2) is 18.2 Å². The number of aryl methyl sites for hydroxylation is 2. The van der Waals surface area contributed by atoms with Gasteiger partial charge in [0.1, 0.15) is 0 Å². The van der Waals surface area contributed by atoms with Gasteiger partial charge in [0.05, 0.1) is 0 Å². The molecule has 1 heteroatoms. The number of fused-ring (bicyclic) bond motifs is 1. The summed E-state index contributed by atoms with van der Waals surface area (Å²) in [6.45, 7) is 6.69. The number of rotatable bonds is 7. The molecule has 0 spiro atoms. The summed E-state index contributed by atoms with van der Waals surface area (Å²) in [5.41, 5.74) is 3.77. The summed E-state index contributed by atoms with van der Waals surface area (Å²) in [4.78, 5) is 12.5. The molecule has 1 aromatic rings. The summed E-state index contributed by atoms with van der Waals surface area (Å²) in [6, 6.07) is 6.64. The van der Waals surface area contributed by atoms with Gasteiger partial charge < -0.3 is 0 Å². The Hall–Kier alpha value is -1.11. The monoisotopic (exact) mass is 300 g/mol. The second kappa shape index (κ2) is 7.94. The van der Waals surface area contributed by atoms with Crippen molar-refractivity contribution < 1.29 is 4.79 Å². The second-order valence-corrected chi connectivity index (χ2v) is 7.77. The Morgan fingerprint density at radius 2 is 1.77 bits per heavy atom. The number of hydrogen-bond donors (Lipinski definition) is 0. The van der Waals surface area contributed by atoms with E-state index in [2.05, 4.69) is 39.0 Å². The highest BCUT2D eigenvalue weighted by atomic mass is 16.1. The Morgan fingerprint density at radius 1 is 1.05 bits per heavy atom. The highest BCUT2D eigenvalue weighted by molar-refractivity contribution is 5.98. The minimum atomic E-state index is 0.148. The second-order valence-electron chi connectivity index (χ2n) is 7.77. The molecule has 1 aliphatic carbocycles. The van der Waals surface area contributed by atoms with Crippen molar-refractivity contribution in [3.63, 3.8) is 0 Å². The molecule has 22 heavy (non-hydrogen) atoms. The third kappa shape index (κ3) is 4.97. The molecule has 0 saturated carbocycles. The predicted molar refractivity (Wildman–Crippen MR) is 94.6 cm³/mol. The zero-order valence-corrected chi connectivity index (χ0v) is 14.7. The largest absolute Gasteiger partial charge is 0.294 e. The van der Waals surface area contributed by atoms with Crippen molar-refractivity contribution in [3.8, 4) is 0 Å². The fraction of sp³-hybridized carbons (Fsp3) is 0.667. The third-order valence-corrected chi connectivity index (χ3v) is 5.00. The normalized spacial score (nSPS) is 17.1. The van der Waals surface area contributed by atoms with Crippen LogP contribution >= 0.6 is 0 Å². The number of unbranched alkanes of at least 4 members (excludes halogenated alkanes) is 5. The van der Waals surface area contributed by atoms with E-state index in [-0.39, 0.29) is 5.41 Å². The Balaban J connectivity index is 1.92. The average molecular weight is 300 g/mol. The van der Waals surface area contributed by atoms with Gasteiger partial charge in [0.2, 0.25) is 0 Å². The molecule has 122 valence electrons. The SMILES string of the molecule is CCCCCCCCc1ccc2c(c1)C(=O)CC(C)(C)CC2. The fourth-order valence-corrected chi connectivity index (χ4v) is 3.46. The van der Waals surface area contributed by atoms with E-state index in [1.54, 1.807) is 0 Å². The van der Waals surface area contributed by atoms with Crippen LogP contribution in [0.3, 0.4) is 0 Å². The van der Waals surface area contributed by atoms with Crippen LogP contribution in [0, 0.1) is 5.41 Å². The molecular formula is C21H32O. The van der Waals surface area contributed by atoms with Crippen molar-refractivity contribution >= 4 is 5.78 Å². The molecule has 0 amide bonds. The minimum Gasteiger partial charge on any atom is -0.294 e. The number of ketones is 1. The highest BCUT2D eigenvalue weighted by Crippen LogP contribution is 2.34. The summed E-state index contributed by atoms with van der Waals surface area (Å²) in [5, 5.41) is 0. The summed E-state index contributed by atoms with van der Waals surface area (Å²) >= 11 is 0. The van der Waals surface area contributed by atoms with E-state index < -0.39 is 0 Å². The van der Waals surface area contributed by atoms with Crippen molar-refractivity contribution in [1.29, 1.82) is 0 Å². The van der Waals surface area contributed by atoms with Crippen LogP contribution in [0.5, 0.6) is 0 Å². The van der Waals surface area contributed by atoms with E-state index in [0.717, 1.165) is 24.8 Å². The molecule has 0 heterocycles. The first kappa shape index (κ1) is 17.2. The standard InChI is InChI=1S/C21H32O/c1-4-5-6-7-8-9-10-17-11-12-18-13-14-21(2,3)16-20(22)19(18)15-17/h11-12,15H,4-10,13-14,16H2,1-3H3. The van der Waals surface area contributed by atoms with Crippen LogP contribution in [0.25, 0.3) is 0 Å². The lowest BCUT2D eigenvalue weighted by molar-refractivity contribution is 0.0934. The van der Waals surface area contributed by atoms with Crippen LogP contribution in [0.2, 0.25) is 0 Å². The molecule has 0 aromatic heterocycles. The van der Waals surface area contributed by atoms with Crippen molar-refractivity contribution in [1.82, 2.24) is 0 Å². The third-order valence-electron chi connectivity index (χ3n) is 5.00. The smallest absolute Gasteiger partial charge is 0.163 e. The zero-order chi connectivity index (χ0) is 16.0. The van der Waals surface area contributed by atoms with E-state index in [4.69, 9.17) is 0 Å². The van der Waals surface area contributed by atoms with E-state index in [0.29, 0.717) is 12.2 Å². The number of carbonyl (C=O) groups excluding carboxylic acids is 1. The van der Waals surface area contributed by atoms with Gasteiger partial charge >= 0.3 is 0 Å². The van der Waals surface area contributed by atoms with Gasteiger partial charge in [0, 0.05) is 12.0 Å². The molecule has 0 fully saturated rings.